The van der Waals surface area contributed by atoms with Crippen molar-refractivity contribution in [1.82, 2.24) is 5.31 Å². The van der Waals surface area contributed by atoms with Gasteiger partial charge in [0.1, 0.15) is 5.75 Å². The molecule has 2 aromatic carbocycles. The molecule has 0 fully saturated rings. The zero-order valence-corrected chi connectivity index (χ0v) is 10.1. The fourth-order valence-electron chi connectivity index (χ4n) is 1.93. The van der Waals surface area contributed by atoms with E-state index in [4.69, 9.17) is 10.3 Å². The molecule has 0 saturated heterocycles. The molecule has 0 atom stereocenters. The predicted octanol–water partition coefficient (Wildman–Crippen LogP) is 2.53. The average molecular weight is 247 g/mol. The van der Waals surface area contributed by atoms with Crippen molar-refractivity contribution in [1.29, 1.82) is 0 Å². The van der Waals surface area contributed by atoms with Crippen molar-refractivity contribution in [2.75, 3.05) is 13.6 Å². The minimum atomic E-state index is -2.49. The van der Waals surface area contributed by atoms with E-state index in [0.29, 0.717) is 6.42 Å². The number of rotatable bonds is 4. The normalized spacial score (nSPS) is 14.3. The SMILES string of the molecule is [2H]N(CCc1cccc2ccc(OC([2H])([2H])[2H])cc12)C(C)=O. The van der Waals surface area contributed by atoms with Gasteiger partial charge in [0.05, 0.1) is 11.2 Å². The Morgan fingerprint density at radius 1 is 1.44 bits per heavy atom. The van der Waals surface area contributed by atoms with Gasteiger partial charge in [-0.05, 0) is 34.9 Å². The minimum absolute atomic E-state index is 0.272. The van der Waals surface area contributed by atoms with Gasteiger partial charge in [-0.25, -0.2) is 0 Å². The van der Waals surface area contributed by atoms with Crippen LogP contribution in [0.5, 0.6) is 5.75 Å². The second-order valence-electron chi connectivity index (χ2n) is 4.05. The lowest BCUT2D eigenvalue weighted by molar-refractivity contribution is -0.118. The van der Waals surface area contributed by atoms with Crippen LogP contribution in [0.25, 0.3) is 10.8 Å². The number of carbonyl (C=O) groups excluding carboxylic acids is 1. The van der Waals surface area contributed by atoms with Gasteiger partial charge in [-0.3, -0.25) is 4.79 Å². The molecule has 0 aliphatic heterocycles. The molecule has 3 nitrogen and oxygen atoms in total. The van der Waals surface area contributed by atoms with Crippen molar-refractivity contribution in [2.24, 2.45) is 0 Å². The van der Waals surface area contributed by atoms with Crippen LogP contribution in [0.15, 0.2) is 36.4 Å². The molecular formula is C15H17NO2. The Balaban J connectivity index is 2.29. The highest BCUT2D eigenvalue weighted by Gasteiger charge is 2.03. The Morgan fingerprint density at radius 2 is 2.33 bits per heavy atom. The number of carbonyl (C=O) groups is 1. The predicted molar refractivity (Wildman–Crippen MR) is 72.9 cm³/mol. The summed E-state index contributed by atoms with van der Waals surface area (Å²) in [5.74, 6) is -0.0408. The van der Waals surface area contributed by atoms with E-state index in [-0.39, 0.29) is 18.2 Å². The van der Waals surface area contributed by atoms with Crippen LogP contribution in [0, 0.1) is 0 Å². The van der Waals surface area contributed by atoms with Crippen LogP contribution >= 0.6 is 0 Å². The van der Waals surface area contributed by atoms with Gasteiger partial charge in [-0.2, -0.15) is 0 Å². The maximum Gasteiger partial charge on any atom is 0.216 e. The van der Waals surface area contributed by atoms with Crippen LogP contribution in [0.1, 0.15) is 16.6 Å². The van der Waals surface area contributed by atoms with Crippen LogP contribution in [0.3, 0.4) is 0 Å². The zero-order valence-electron chi connectivity index (χ0n) is 14.1. The van der Waals surface area contributed by atoms with Gasteiger partial charge in [0, 0.05) is 13.5 Å². The van der Waals surface area contributed by atoms with Gasteiger partial charge in [0.25, 0.3) is 0 Å². The van der Waals surface area contributed by atoms with E-state index in [0.717, 1.165) is 21.6 Å². The first kappa shape index (κ1) is 8.14. The minimum Gasteiger partial charge on any atom is -0.497 e. The first-order chi connectivity index (χ1) is 10.3. The number of hydrogen-bond acceptors (Lipinski definition) is 2. The molecule has 0 saturated carbocycles. The molecule has 0 aliphatic carbocycles. The summed E-state index contributed by atoms with van der Waals surface area (Å²) in [7, 11) is -2.49. The van der Waals surface area contributed by atoms with Crippen LogP contribution in [-0.4, -0.2) is 19.5 Å². The van der Waals surface area contributed by atoms with Crippen molar-refractivity contribution in [3.8, 4) is 5.75 Å². The third kappa shape index (κ3) is 2.80. The van der Waals surface area contributed by atoms with E-state index in [1.54, 1.807) is 18.2 Å². The molecular weight excluding hydrogens is 226 g/mol. The molecule has 0 spiro atoms. The van der Waals surface area contributed by atoms with Gasteiger partial charge in [-0.15, -0.1) is 0 Å². The zero-order chi connectivity index (χ0) is 16.3. The van der Waals surface area contributed by atoms with Gasteiger partial charge in [-0.1, -0.05) is 24.3 Å². The number of nitrogens with one attached hydrogen (secondary N) is 1. The van der Waals surface area contributed by atoms with Crippen LogP contribution in [0.4, 0.5) is 0 Å². The smallest absolute Gasteiger partial charge is 0.216 e. The highest BCUT2D eigenvalue weighted by Crippen LogP contribution is 2.24. The fourth-order valence-corrected chi connectivity index (χ4v) is 1.93. The van der Waals surface area contributed by atoms with E-state index >= 15 is 0 Å². The van der Waals surface area contributed by atoms with E-state index < -0.39 is 7.04 Å². The van der Waals surface area contributed by atoms with Crippen molar-refractivity contribution in [3.05, 3.63) is 42.0 Å². The first-order valence-corrected chi connectivity index (χ1v) is 5.74. The largest absolute Gasteiger partial charge is 0.497 e. The van der Waals surface area contributed by atoms with Crippen LogP contribution in [-0.2, 0) is 11.2 Å². The molecule has 0 heterocycles. The summed E-state index contributed by atoms with van der Waals surface area (Å²) in [6, 6.07) is 10.8. The molecule has 94 valence electrons. The molecule has 0 unspecified atom stereocenters. The van der Waals surface area contributed by atoms with Crippen molar-refractivity contribution >= 4 is 16.7 Å². The summed E-state index contributed by atoms with van der Waals surface area (Å²) in [6.07, 6.45) is 0.512. The quantitative estimate of drug-likeness (QED) is 0.901. The number of ether oxygens (including phenoxy) is 1. The van der Waals surface area contributed by atoms with Crippen LogP contribution < -0.4 is 10.0 Å². The molecule has 0 radical (unpaired) electrons. The monoisotopic (exact) mass is 247 g/mol. The fraction of sp³-hybridized carbons (Fsp3) is 0.267. The third-order valence-corrected chi connectivity index (χ3v) is 2.78. The number of hydrogen-bond donors (Lipinski definition) is 1. The standard InChI is InChI=1S/C15H17NO2/c1-11(17)16-9-8-13-5-3-4-12-6-7-14(18-2)10-15(12)13/h3-7,10H,8-9H2,1-2H3,(H,16,17)/i2D3/hD. The van der Waals surface area contributed by atoms with Gasteiger partial charge >= 0.3 is 0 Å². The van der Waals surface area contributed by atoms with E-state index in [9.17, 15) is 4.79 Å². The van der Waals surface area contributed by atoms with E-state index in [1.165, 1.54) is 6.92 Å². The van der Waals surface area contributed by atoms with Crippen molar-refractivity contribution in [3.63, 3.8) is 0 Å². The summed E-state index contributed by atoms with van der Waals surface area (Å²) >= 11 is 0. The second kappa shape index (κ2) is 5.54. The highest BCUT2D eigenvalue weighted by atomic mass is 16.5. The van der Waals surface area contributed by atoms with Gasteiger partial charge in [0.15, 0.2) is 1.41 Å². The maximum atomic E-state index is 11.1. The maximum absolute atomic E-state index is 11.1. The number of methoxy groups -OCH3 is 1. The highest BCUT2D eigenvalue weighted by molar-refractivity contribution is 5.87. The molecule has 2 rings (SSSR count). The summed E-state index contributed by atoms with van der Waals surface area (Å²) in [4.78, 5) is 11.1. The third-order valence-electron chi connectivity index (χ3n) is 2.78. The topological polar surface area (TPSA) is 38.3 Å². The first-order valence-electron chi connectivity index (χ1n) is 7.69. The summed E-state index contributed by atoms with van der Waals surface area (Å²) < 4.78 is 33.9. The molecule has 0 aromatic heterocycles. The molecule has 3 heteroatoms. The van der Waals surface area contributed by atoms with E-state index in [1.807, 2.05) is 18.2 Å². The van der Waals surface area contributed by atoms with Crippen molar-refractivity contribution < 1.29 is 15.1 Å². The lowest BCUT2D eigenvalue weighted by atomic mass is 10.0. The van der Waals surface area contributed by atoms with Gasteiger partial charge < -0.3 is 10.0 Å². The summed E-state index contributed by atoms with van der Waals surface area (Å²) in [5, 5.41) is 2.72. The summed E-state index contributed by atoms with van der Waals surface area (Å²) in [5.41, 5.74) is 0.937. The Bertz CT molecular complexity index is 685. The van der Waals surface area contributed by atoms with Crippen molar-refractivity contribution in [2.45, 2.75) is 13.3 Å². The molecule has 18 heavy (non-hydrogen) atoms. The number of benzene rings is 2. The average Bonchev–Trinajstić information content (AvgIpc) is 2.42. The Morgan fingerprint density at radius 3 is 3.11 bits per heavy atom. The lowest BCUT2D eigenvalue weighted by Gasteiger charge is -2.08. The Labute approximate surface area is 112 Å². The Kier molecular flexibility index (Phi) is 2.50. The number of amides is 1. The van der Waals surface area contributed by atoms with E-state index in [2.05, 4.69) is 0 Å². The molecule has 0 aliphatic rings. The molecule has 2 aromatic rings. The molecule has 1 N–H and O–H groups in total. The Hall–Kier alpha value is -2.03. The molecule has 1 amide bonds. The number of fused-ring (bicyclic) bond motifs is 1. The summed E-state index contributed by atoms with van der Waals surface area (Å²) in [6.45, 7) is 1.62. The molecule has 0 bridgehead atoms. The second-order valence-corrected chi connectivity index (χ2v) is 4.05. The van der Waals surface area contributed by atoms with Gasteiger partial charge in [0.2, 0.25) is 5.91 Å². The lowest BCUT2D eigenvalue weighted by Crippen LogP contribution is -2.22. The van der Waals surface area contributed by atoms with Crippen LogP contribution in [0.2, 0.25) is 1.41 Å².